The molecule has 1 rings (SSSR count). The van der Waals surface area contributed by atoms with E-state index >= 15 is 0 Å². The number of methoxy groups -OCH3 is 1. The molecule has 0 spiro atoms. The van der Waals surface area contributed by atoms with Crippen molar-refractivity contribution >= 4 is 0 Å². The van der Waals surface area contributed by atoms with Crippen molar-refractivity contribution in [2.24, 2.45) is 5.84 Å². The molecule has 104 valence electrons. The summed E-state index contributed by atoms with van der Waals surface area (Å²) in [5, 5.41) is 4.22. The van der Waals surface area contributed by atoms with Gasteiger partial charge in [0.15, 0.2) is 0 Å². The summed E-state index contributed by atoms with van der Waals surface area (Å²) in [7, 11) is 1.72. The molecule has 18 heavy (non-hydrogen) atoms. The van der Waals surface area contributed by atoms with Crippen molar-refractivity contribution in [3.8, 4) is 0 Å². The lowest BCUT2D eigenvalue weighted by Gasteiger charge is -2.28. The number of nitrogens with one attached hydrogen (secondary N) is 1. The van der Waals surface area contributed by atoms with Crippen molar-refractivity contribution in [1.29, 1.82) is 0 Å². The number of aromatic nitrogens is 3. The van der Waals surface area contributed by atoms with Crippen molar-refractivity contribution in [3.63, 3.8) is 0 Å². The molecule has 0 saturated carbocycles. The fourth-order valence-electron chi connectivity index (χ4n) is 1.93. The predicted molar refractivity (Wildman–Crippen MR) is 70.8 cm³/mol. The van der Waals surface area contributed by atoms with Gasteiger partial charge in [-0.15, -0.1) is 0 Å². The molecule has 1 aromatic heterocycles. The summed E-state index contributed by atoms with van der Waals surface area (Å²) in [5.74, 6) is 6.58. The number of aryl methyl sites for hydroxylation is 1. The van der Waals surface area contributed by atoms with Crippen LogP contribution in [0.1, 0.15) is 39.4 Å². The van der Waals surface area contributed by atoms with E-state index in [4.69, 9.17) is 10.6 Å². The van der Waals surface area contributed by atoms with Gasteiger partial charge in [-0.1, -0.05) is 6.92 Å². The average molecular weight is 255 g/mol. The minimum absolute atomic E-state index is 0.125. The van der Waals surface area contributed by atoms with Crippen LogP contribution in [0.4, 0.5) is 0 Å². The number of nitrogens with two attached hydrogens (primary N) is 1. The highest BCUT2D eigenvalue weighted by Crippen LogP contribution is 2.17. The van der Waals surface area contributed by atoms with E-state index in [2.05, 4.69) is 22.4 Å². The van der Waals surface area contributed by atoms with Crippen LogP contribution in [0.25, 0.3) is 0 Å². The summed E-state index contributed by atoms with van der Waals surface area (Å²) in [5.41, 5.74) is 2.64. The third-order valence-corrected chi connectivity index (χ3v) is 3.09. The second-order valence-corrected chi connectivity index (χ2v) is 5.14. The number of ether oxygens (including phenoxy) is 1. The minimum atomic E-state index is -0.202. The van der Waals surface area contributed by atoms with Gasteiger partial charge < -0.3 is 4.74 Å². The molecule has 1 unspecified atom stereocenters. The van der Waals surface area contributed by atoms with E-state index < -0.39 is 0 Å². The Labute approximate surface area is 109 Å². The molecule has 6 heteroatoms. The van der Waals surface area contributed by atoms with Crippen molar-refractivity contribution in [2.45, 2.75) is 58.2 Å². The van der Waals surface area contributed by atoms with Gasteiger partial charge in [-0.3, -0.25) is 16.0 Å². The van der Waals surface area contributed by atoms with E-state index in [-0.39, 0.29) is 11.6 Å². The zero-order valence-corrected chi connectivity index (χ0v) is 11.8. The third-order valence-electron chi connectivity index (χ3n) is 3.09. The molecular weight excluding hydrogens is 230 g/mol. The lowest BCUT2D eigenvalue weighted by atomic mass is 9.97. The Bertz CT molecular complexity index is 350. The summed E-state index contributed by atoms with van der Waals surface area (Å²) in [6.45, 7) is 7.11. The van der Waals surface area contributed by atoms with E-state index in [0.717, 1.165) is 31.6 Å². The topological polar surface area (TPSA) is 78.0 Å². The first-order valence-electron chi connectivity index (χ1n) is 6.40. The quantitative estimate of drug-likeness (QED) is 0.532. The Morgan fingerprint density at radius 1 is 1.56 bits per heavy atom. The zero-order chi connectivity index (χ0) is 13.6. The van der Waals surface area contributed by atoms with Crippen molar-refractivity contribution in [1.82, 2.24) is 20.2 Å². The van der Waals surface area contributed by atoms with Gasteiger partial charge >= 0.3 is 0 Å². The molecule has 6 nitrogen and oxygen atoms in total. The summed E-state index contributed by atoms with van der Waals surface area (Å²) >= 11 is 0. The van der Waals surface area contributed by atoms with E-state index in [1.807, 2.05) is 18.5 Å². The molecule has 0 aromatic carbocycles. The lowest BCUT2D eigenvalue weighted by Crippen LogP contribution is -2.43. The molecule has 1 heterocycles. The second-order valence-electron chi connectivity index (χ2n) is 5.14. The molecule has 3 N–H and O–H groups in total. The summed E-state index contributed by atoms with van der Waals surface area (Å²) in [6, 6.07) is 0.125. The molecule has 0 saturated heterocycles. The van der Waals surface area contributed by atoms with Crippen LogP contribution >= 0.6 is 0 Å². The van der Waals surface area contributed by atoms with Crippen LogP contribution in [0.5, 0.6) is 0 Å². The van der Waals surface area contributed by atoms with Crippen molar-refractivity contribution < 1.29 is 4.74 Å². The second kappa shape index (κ2) is 6.82. The Hall–Kier alpha value is -0.980. The molecule has 1 aromatic rings. The fraction of sp³-hybridized carbons (Fsp3) is 0.833. The highest BCUT2D eigenvalue weighted by molar-refractivity contribution is 4.91. The standard InChI is InChI=1S/C12H25N5O/c1-5-6-17-11(14-9-15-17)7-10(16-13)8-12(2,3)18-4/h9-10,16H,5-8,13H2,1-4H3. The largest absolute Gasteiger partial charge is 0.379 e. The first-order valence-corrected chi connectivity index (χ1v) is 6.40. The lowest BCUT2D eigenvalue weighted by molar-refractivity contribution is 0.00688. The summed E-state index contributed by atoms with van der Waals surface area (Å²) in [6.07, 6.45) is 4.21. The molecule has 0 radical (unpaired) electrons. The van der Waals surface area contributed by atoms with Crippen molar-refractivity contribution in [3.05, 3.63) is 12.2 Å². The van der Waals surface area contributed by atoms with Crippen LogP contribution in [0.2, 0.25) is 0 Å². The molecule has 1 atom stereocenters. The summed E-state index contributed by atoms with van der Waals surface area (Å²) in [4.78, 5) is 4.29. The van der Waals surface area contributed by atoms with Gasteiger partial charge in [0, 0.05) is 26.1 Å². The van der Waals surface area contributed by atoms with Gasteiger partial charge in [-0.05, 0) is 26.7 Å². The molecule has 0 aliphatic carbocycles. The third kappa shape index (κ3) is 4.36. The summed E-state index contributed by atoms with van der Waals surface area (Å²) < 4.78 is 7.36. The minimum Gasteiger partial charge on any atom is -0.379 e. The first kappa shape index (κ1) is 15.1. The number of hydrazine groups is 1. The van der Waals surface area contributed by atoms with Crippen LogP contribution in [0.15, 0.2) is 6.33 Å². The van der Waals surface area contributed by atoms with Gasteiger partial charge in [0.05, 0.1) is 5.60 Å². The smallest absolute Gasteiger partial charge is 0.138 e. The van der Waals surface area contributed by atoms with Gasteiger partial charge in [-0.25, -0.2) is 4.98 Å². The predicted octanol–water partition coefficient (Wildman–Crippen LogP) is 0.878. The zero-order valence-electron chi connectivity index (χ0n) is 11.8. The molecule has 0 bridgehead atoms. The SMILES string of the molecule is CCCn1ncnc1CC(CC(C)(C)OC)NN. The van der Waals surface area contributed by atoms with Crippen LogP contribution in [0.3, 0.4) is 0 Å². The maximum atomic E-state index is 5.61. The van der Waals surface area contributed by atoms with E-state index in [1.165, 1.54) is 0 Å². The highest BCUT2D eigenvalue weighted by atomic mass is 16.5. The highest BCUT2D eigenvalue weighted by Gasteiger charge is 2.23. The van der Waals surface area contributed by atoms with E-state index in [9.17, 15) is 0 Å². The van der Waals surface area contributed by atoms with E-state index in [0.29, 0.717) is 0 Å². The Kier molecular flexibility index (Phi) is 5.71. The number of hydrogen-bond donors (Lipinski definition) is 2. The van der Waals surface area contributed by atoms with Crippen LogP contribution in [-0.2, 0) is 17.7 Å². The molecule has 0 aliphatic rings. The monoisotopic (exact) mass is 255 g/mol. The van der Waals surface area contributed by atoms with Gasteiger partial charge in [0.1, 0.15) is 12.2 Å². The molecular formula is C12H25N5O. The van der Waals surface area contributed by atoms with Gasteiger partial charge in [0.25, 0.3) is 0 Å². The molecule has 0 fully saturated rings. The maximum Gasteiger partial charge on any atom is 0.138 e. The normalized spacial score (nSPS) is 13.8. The molecule has 0 amide bonds. The van der Waals surface area contributed by atoms with Crippen LogP contribution in [0, 0.1) is 0 Å². The van der Waals surface area contributed by atoms with Crippen LogP contribution in [-0.4, -0.2) is 33.5 Å². The van der Waals surface area contributed by atoms with Gasteiger partial charge in [-0.2, -0.15) is 5.10 Å². The number of hydrogen-bond acceptors (Lipinski definition) is 5. The first-order chi connectivity index (χ1) is 8.52. The Balaban J connectivity index is 2.65. The fourth-order valence-corrected chi connectivity index (χ4v) is 1.93. The van der Waals surface area contributed by atoms with Crippen molar-refractivity contribution in [2.75, 3.05) is 7.11 Å². The van der Waals surface area contributed by atoms with Gasteiger partial charge in [0.2, 0.25) is 0 Å². The van der Waals surface area contributed by atoms with Crippen LogP contribution < -0.4 is 11.3 Å². The number of nitrogens with zero attached hydrogens (tertiary/aromatic N) is 3. The number of rotatable bonds is 8. The Morgan fingerprint density at radius 2 is 2.28 bits per heavy atom. The Morgan fingerprint density at radius 3 is 2.83 bits per heavy atom. The maximum absolute atomic E-state index is 5.61. The van der Waals surface area contributed by atoms with E-state index in [1.54, 1.807) is 13.4 Å². The average Bonchev–Trinajstić information content (AvgIpc) is 2.76. The molecule has 0 aliphatic heterocycles.